The van der Waals surface area contributed by atoms with Crippen molar-refractivity contribution in [2.75, 3.05) is 26.8 Å². The van der Waals surface area contributed by atoms with Crippen LogP contribution in [0.15, 0.2) is 24.3 Å². The molecule has 0 unspecified atom stereocenters. The maximum Gasteiger partial charge on any atom is 0.407 e. The number of nitrogens with zero attached hydrogens (tertiary/aromatic N) is 1. The van der Waals surface area contributed by atoms with Crippen molar-refractivity contribution in [3.05, 3.63) is 29.8 Å². The highest BCUT2D eigenvalue weighted by molar-refractivity contribution is 5.94. The van der Waals surface area contributed by atoms with E-state index in [1.165, 1.54) is 0 Å². The van der Waals surface area contributed by atoms with Crippen molar-refractivity contribution in [1.29, 1.82) is 0 Å². The minimum atomic E-state index is -0.387. The fraction of sp³-hybridized carbons (Fsp3) is 0.500. The van der Waals surface area contributed by atoms with Crippen molar-refractivity contribution < 1.29 is 19.1 Å². The van der Waals surface area contributed by atoms with E-state index in [0.29, 0.717) is 25.3 Å². The number of rotatable bonds is 4. The van der Waals surface area contributed by atoms with Gasteiger partial charge in [-0.2, -0.15) is 0 Å². The Morgan fingerprint density at radius 2 is 1.86 bits per heavy atom. The Morgan fingerprint density at radius 3 is 2.41 bits per heavy atom. The molecule has 1 heterocycles. The van der Waals surface area contributed by atoms with Gasteiger partial charge in [0.05, 0.1) is 13.7 Å². The van der Waals surface area contributed by atoms with Gasteiger partial charge in [0.25, 0.3) is 5.91 Å². The van der Waals surface area contributed by atoms with E-state index in [9.17, 15) is 9.59 Å². The number of hydrogen-bond donors (Lipinski definition) is 1. The minimum Gasteiger partial charge on any atom is -0.497 e. The van der Waals surface area contributed by atoms with E-state index in [1.807, 2.05) is 4.90 Å². The van der Waals surface area contributed by atoms with Crippen LogP contribution < -0.4 is 10.1 Å². The summed E-state index contributed by atoms with van der Waals surface area (Å²) < 4.78 is 9.96. The number of carbonyl (C=O) groups is 2. The molecule has 1 aromatic rings. The third kappa shape index (κ3) is 4.13. The number of methoxy groups -OCH3 is 1. The standard InChI is InChI=1S/C16H22N2O4/c1-3-22-16(20)17-13-8-10-18(11-9-13)15(19)12-4-6-14(21-2)7-5-12/h4-7,13H,3,8-11H2,1-2H3,(H,17,20). The molecule has 0 spiro atoms. The van der Waals surface area contributed by atoms with Crippen LogP contribution in [0.3, 0.4) is 0 Å². The first-order valence-electron chi connectivity index (χ1n) is 7.50. The van der Waals surface area contributed by atoms with Crippen molar-refractivity contribution >= 4 is 12.0 Å². The first-order chi connectivity index (χ1) is 10.6. The number of carbonyl (C=O) groups excluding carboxylic acids is 2. The lowest BCUT2D eigenvalue weighted by Crippen LogP contribution is -2.46. The second-order valence-electron chi connectivity index (χ2n) is 5.16. The predicted molar refractivity (Wildman–Crippen MR) is 82.1 cm³/mol. The molecule has 1 aliphatic rings. The molecule has 0 atom stereocenters. The third-order valence-corrected chi connectivity index (χ3v) is 3.72. The summed E-state index contributed by atoms with van der Waals surface area (Å²) in [7, 11) is 1.60. The van der Waals surface area contributed by atoms with Crippen LogP contribution in [-0.2, 0) is 4.74 Å². The quantitative estimate of drug-likeness (QED) is 0.924. The highest BCUT2D eigenvalue weighted by Crippen LogP contribution is 2.16. The lowest BCUT2D eigenvalue weighted by molar-refractivity contribution is 0.0702. The Kier molecular flexibility index (Phi) is 5.63. The zero-order valence-corrected chi connectivity index (χ0v) is 13.0. The fourth-order valence-electron chi connectivity index (χ4n) is 2.48. The zero-order valence-electron chi connectivity index (χ0n) is 13.0. The Morgan fingerprint density at radius 1 is 1.23 bits per heavy atom. The highest BCUT2D eigenvalue weighted by Gasteiger charge is 2.24. The van der Waals surface area contributed by atoms with Crippen molar-refractivity contribution in [2.45, 2.75) is 25.8 Å². The Balaban J connectivity index is 1.85. The van der Waals surface area contributed by atoms with Crippen molar-refractivity contribution in [2.24, 2.45) is 0 Å². The number of benzene rings is 1. The summed E-state index contributed by atoms with van der Waals surface area (Å²) in [6.07, 6.45) is 1.09. The molecule has 0 aliphatic carbocycles. The van der Waals surface area contributed by atoms with Gasteiger partial charge in [0.15, 0.2) is 0 Å². The Hall–Kier alpha value is -2.24. The molecule has 0 saturated carbocycles. The minimum absolute atomic E-state index is 0.0113. The summed E-state index contributed by atoms with van der Waals surface area (Å²) in [6.45, 7) is 3.39. The Bertz CT molecular complexity index is 507. The summed E-state index contributed by atoms with van der Waals surface area (Å²) >= 11 is 0. The van der Waals surface area contributed by atoms with Crippen LogP contribution in [-0.4, -0.2) is 49.7 Å². The SMILES string of the molecule is CCOC(=O)NC1CCN(C(=O)c2ccc(OC)cc2)CC1. The first-order valence-corrected chi connectivity index (χ1v) is 7.50. The van der Waals surface area contributed by atoms with E-state index >= 15 is 0 Å². The summed E-state index contributed by atoms with van der Waals surface area (Å²) in [6, 6.07) is 7.16. The Labute approximate surface area is 130 Å². The normalized spacial score (nSPS) is 15.3. The molecule has 6 heteroatoms. The molecule has 22 heavy (non-hydrogen) atoms. The van der Waals surface area contributed by atoms with Crippen molar-refractivity contribution in [3.63, 3.8) is 0 Å². The van der Waals surface area contributed by atoms with E-state index in [-0.39, 0.29) is 18.0 Å². The number of nitrogens with one attached hydrogen (secondary N) is 1. The smallest absolute Gasteiger partial charge is 0.407 e. The maximum atomic E-state index is 12.4. The molecule has 1 saturated heterocycles. The number of piperidine rings is 1. The van der Waals surface area contributed by atoms with E-state index in [4.69, 9.17) is 9.47 Å². The van der Waals surface area contributed by atoms with Crippen LogP contribution in [0.2, 0.25) is 0 Å². The van der Waals surface area contributed by atoms with Gasteiger partial charge in [-0.3, -0.25) is 4.79 Å². The van der Waals surface area contributed by atoms with Gasteiger partial charge in [-0.05, 0) is 44.0 Å². The van der Waals surface area contributed by atoms with E-state index < -0.39 is 0 Å². The van der Waals surface area contributed by atoms with Crippen molar-refractivity contribution in [3.8, 4) is 5.75 Å². The average molecular weight is 306 g/mol. The molecule has 1 aromatic carbocycles. The van der Waals surface area contributed by atoms with Gasteiger partial charge in [0.1, 0.15) is 5.75 Å². The summed E-state index contributed by atoms with van der Waals surface area (Å²) in [5, 5.41) is 2.82. The van der Waals surface area contributed by atoms with Gasteiger partial charge in [0.2, 0.25) is 0 Å². The molecule has 1 fully saturated rings. The van der Waals surface area contributed by atoms with E-state index in [0.717, 1.165) is 18.6 Å². The molecule has 2 amide bonds. The number of ether oxygens (including phenoxy) is 2. The van der Waals surface area contributed by atoms with Crippen LogP contribution in [0.1, 0.15) is 30.1 Å². The van der Waals surface area contributed by atoms with Gasteiger partial charge in [0, 0.05) is 24.7 Å². The van der Waals surface area contributed by atoms with Gasteiger partial charge < -0.3 is 19.7 Å². The summed E-state index contributed by atoms with van der Waals surface area (Å²) in [5.41, 5.74) is 0.651. The number of alkyl carbamates (subject to hydrolysis) is 1. The first kappa shape index (κ1) is 16.1. The topological polar surface area (TPSA) is 67.9 Å². The molecular weight excluding hydrogens is 284 g/mol. The average Bonchev–Trinajstić information content (AvgIpc) is 2.55. The monoisotopic (exact) mass is 306 g/mol. The van der Waals surface area contributed by atoms with Crippen LogP contribution in [0, 0.1) is 0 Å². The number of amides is 2. The van der Waals surface area contributed by atoms with Crippen LogP contribution in [0.25, 0.3) is 0 Å². The summed E-state index contributed by atoms with van der Waals surface area (Å²) in [4.78, 5) is 25.6. The predicted octanol–water partition coefficient (Wildman–Crippen LogP) is 2.05. The molecule has 0 radical (unpaired) electrons. The van der Waals surface area contributed by atoms with Crippen molar-refractivity contribution in [1.82, 2.24) is 10.2 Å². The van der Waals surface area contributed by atoms with E-state index in [2.05, 4.69) is 5.32 Å². The van der Waals surface area contributed by atoms with Gasteiger partial charge in [-0.1, -0.05) is 0 Å². The number of likely N-dealkylation sites (tertiary alicyclic amines) is 1. The molecule has 1 aliphatic heterocycles. The largest absolute Gasteiger partial charge is 0.497 e. The maximum absolute atomic E-state index is 12.4. The lowest BCUT2D eigenvalue weighted by Gasteiger charge is -2.32. The van der Waals surface area contributed by atoms with Crippen LogP contribution in [0.5, 0.6) is 5.75 Å². The molecular formula is C16H22N2O4. The fourth-order valence-corrected chi connectivity index (χ4v) is 2.48. The van der Waals surface area contributed by atoms with Gasteiger partial charge >= 0.3 is 6.09 Å². The second kappa shape index (κ2) is 7.68. The zero-order chi connectivity index (χ0) is 15.9. The molecule has 2 rings (SSSR count). The second-order valence-corrected chi connectivity index (χ2v) is 5.16. The number of hydrogen-bond acceptors (Lipinski definition) is 4. The third-order valence-electron chi connectivity index (χ3n) is 3.72. The molecule has 120 valence electrons. The molecule has 0 aromatic heterocycles. The molecule has 0 bridgehead atoms. The van der Waals surface area contributed by atoms with Crippen LogP contribution in [0.4, 0.5) is 4.79 Å². The van der Waals surface area contributed by atoms with E-state index in [1.54, 1.807) is 38.3 Å². The highest BCUT2D eigenvalue weighted by atomic mass is 16.5. The lowest BCUT2D eigenvalue weighted by atomic mass is 10.0. The van der Waals surface area contributed by atoms with Gasteiger partial charge in [-0.25, -0.2) is 4.79 Å². The van der Waals surface area contributed by atoms with Gasteiger partial charge in [-0.15, -0.1) is 0 Å². The summed E-state index contributed by atoms with van der Waals surface area (Å²) in [5.74, 6) is 0.742. The molecule has 1 N–H and O–H groups in total. The molecule has 6 nitrogen and oxygen atoms in total. The van der Waals surface area contributed by atoms with Crippen LogP contribution >= 0.6 is 0 Å².